The first-order valence-corrected chi connectivity index (χ1v) is 49.5. The average molecular weight is 1860 g/mol. The van der Waals surface area contributed by atoms with Crippen molar-refractivity contribution < 1.29 is 0 Å². The standard InChI is InChI=1S/C45H30N4S.C42H30N4S.C39H26N4S/c1-4-14-31(15-5-1)35-28-36(32-16-6-2-7-17-32)30-37(29-35)45-47-43(33-18-8-3-9-19-33)46-44(48-45)34-24-26-38(27-25-34)49-39-20-10-12-22-41(39)50-42-23-13-11-21-40(42)49;1-42(2)33-15-7-6-14-31(33)32-25-22-29(26-34(32)42)41-44-39(27-12-4-3-5-13-27)43-40(45-41)28-20-23-30(24-21-28)46-35-16-8-10-18-37(35)47-38-19-11-9-17-36(38)46;1-3-12-27(13-4-1)30-16-11-17-31(26-30)39-41-37(28-14-5-2-6-15-28)40-38(42-39)29-22-24-32(25-23-29)43-33-18-7-9-20-35(33)44-36-21-10-8-19-34(36)43/h1-30H;3-26H,1-2H3;1-26H. The summed E-state index contributed by atoms with van der Waals surface area (Å²) in [5.41, 5.74) is 30.7. The molecule has 0 amide bonds. The maximum absolute atomic E-state index is 5.14. The zero-order valence-electron chi connectivity index (χ0n) is 76.8. The Bertz CT molecular complexity index is 8220. The molecular weight excluding hydrogens is 1780 g/mol. The van der Waals surface area contributed by atoms with E-state index in [2.05, 4.69) is 417 Å². The smallest absolute Gasteiger partial charge is 0.164 e. The summed E-state index contributed by atoms with van der Waals surface area (Å²) in [6.45, 7) is 4.60. The predicted molar refractivity (Wildman–Crippen MR) is 579 cm³/mol. The van der Waals surface area contributed by atoms with Gasteiger partial charge in [-0.1, -0.05) is 359 Å². The Balaban J connectivity index is 0.000000115. The maximum Gasteiger partial charge on any atom is 0.164 e. The third-order valence-electron chi connectivity index (χ3n) is 25.9. The second-order valence-corrected chi connectivity index (χ2v) is 38.4. The maximum atomic E-state index is 5.14. The molecule has 1 aliphatic carbocycles. The van der Waals surface area contributed by atoms with Crippen LogP contribution in [0.3, 0.4) is 0 Å². The second-order valence-electron chi connectivity index (χ2n) is 35.2. The molecule has 6 heterocycles. The van der Waals surface area contributed by atoms with Gasteiger partial charge >= 0.3 is 0 Å². The van der Waals surface area contributed by atoms with Crippen LogP contribution in [0.4, 0.5) is 51.2 Å². The molecule has 4 aliphatic rings. The van der Waals surface area contributed by atoms with Gasteiger partial charge in [-0.2, -0.15) is 0 Å². The van der Waals surface area contributed by atoms with E-state index in [4.69, 9.17) is 44.9 Å². The van der Waals surface area contributed by atoms with E-state index in [9.17, 15) is 0 Å². The lowest BCUT2D eigenvalue weighted by atomic mass is 9.82. The van der Waals surface area contributed by atoms with E-state index >= 15 is 0 Å². The molecule has 22 aromatic rings. The quantitative estimate of drug-likeness (QED) is 0.0966. The molecule has 668 valence electrons. The molecule has 3 aliphatic heterocycles. The first-order chi connectivity index (χ1) is 69.6. The summed E-state index contributed by atoms with van der Waals surface area (Å²) < 4.78 is 0. The van der Waals surface area contributed by atoms with E-state index in [1.165, 1.54) is 85.8 Å². The van der Waals surface area contributed by atoms with Gasteiger partial charge < -0.3 is 14.7 Å². The van der Waals surface area contributed by atoms with Crippen LogP contribution in [0.25, 0.3) is 147 Å². The fraction of sp³-hybridized carbons (Fsp3) is 0.0238. The van der Waals surface area contributed by atoms with Gasteiger partial charge in [0.25, 0.3) is 0 Å². The Labute approximate surface area is 831 Å². The minimum Gasteiger partial charge on any atom is -0.308 e. The minimum atomic E-state index is -0.111. The van der Waals surface area contributed by atoms with Crippen molar-refractivity contribution in [2.24, 2.45) is 0 Å². The molecule has 0 N–H and O–H groups in total. The number of benzene rings is 19. The van der Waals surface area contributed by atoms with E-state index in [-0.39, 0.29) is 5.41 Å². The lowest BCUT2D eigenvalue weighted by Crippen LogP contribution is -2.15. The van der Waals surface area contributed by atoms with Gasteiger partial charge in [0.2, 0.25) is 0 Å². The van der Waals surface area contributed by atoms with Crippen LogP contribution in [0.2, 0.25) is 0 Å². The molecule has 0 atom stereocenters. The summed E-state index contributed by atoms with van der Waals surface area (Å²) in [5.74, 6) is 5.81. The summed E-state index contributed by atoms with van der Waals surface area (Å²) in [7, 11) is 0. The van der Waals surface area contributed by atoms with Gasteiger partial charge in [-0.05, 0) is 232 Å². The Morgan fingerprint density at radius 2 is 0.369 bits per heavy atom. The number of nitrogens with zero attached hydrogens (tertiary/aromatic N) is 12. The Hall–Kier alpha value is -17.3. The molecule has 15 heteroatoms. The molecule has 19 aromatic carbocycles. The topological polar surface area (TPSA) is 126 Å². The van der Waals surface area contributed by atoms with Gasteiger partial charge in [-0.15, -0.1) is 0 Å². The van der Waals surface area contributed by atoms with Crippen molar-refractivity contribution in [1.29, 1.82) is 0 Å². The number of fused-ring (bicyclic) bond motifs is 9. The zero-order chi connectivity index (χ0) is 94.1. The molecule has 0 spiro atoms. The molecule has 0 saturated heterocycles. The van der Waals surface area contributed by atoms with Crippen molar-refractivity contribution in [2.75, 3.05) is 14.7 Å². The summed E-state index contributed by atoms with van der Waals surface area (Å²) in [4.78, 5) is 59.7. The average Bonchev–Trinajstić information content (AvgIpc) is 1.60. The van der Waals surface area contributed by atoms with Gasteiger partial charge in [0.1, 0.15) is 0 Å². The molecular formula is C126H86N12S3. The number of aromatic nitrogens is 9. The number of anilines is 9. The van der Waals surface area contributed by atoms with Crippen LogP contribution in [0.5, 0.6) is 0 Å². The molecule has 0 saturated carbocycles. The van der Waals surface area contributed by atoms with E-state index in [0.29, 0.717) is 52.4 Å². The highest BCUT2D eigenvalue weighted by Crippen LogP contribution is 2.56. The summed E-state index contributed by atoms with van der Waals surface area (Å²) in [5, 5.41) is 0. The van der Waals surface area contributed by atoms with Gasteiger partial charge in [-0.3, -0.25) is 0 Å². The van der Waals surface area contributed by atoms with E-state index in [0.717, 1.165) is 101 Å². The lowest BCUT2D eigenvalue weighted by Gasteiger charge is -2.32. The van der Waals surface area contributed by atoms with Crippen LogP contribution in [0, 0.1) is 0 Å². The van der Waals surface area contributed by atoms with Crippen molar-refractivity contribution in [2.45, 2.75) is 48.6 Å². The number of hydrogen-bond acceptors (Lipinski definition) is 15. The predicted octanol–water partition coefficient (Wildman–Crippen LogP) is 33.7. The van der Waals surface area contributed by atoms with Crippen LogP contribution in [0.1, 0.15) is 25.0 Å². The van der Waals surface area contributed by atoms with Crippen LogP contribution >= 0.6 is 35.3 Å². The van der Waals surface area contributed by atoms with Crippen molar-refractivity contribution in [1.82, 2.24) is 44.9 Å². The highest BCUT2D eigenvalue weighted by atomic mass is 32.2. The third-order valence-corrected chi connectivity index (χ3v) is 29.3. The Morgan fingerprint density at radius 3 is 0.695 bits per heavy atom. The molecule has 141 heavy (non-hydrogen) atoms. The molecule has 26 rings (SSSR count). The van der Waals surface area contributed by atoms with Gasteiger partial charge in [0, 0.05) is 102 Å². The molecule has 0 bridgehead atoms. The SMILES string of the molecule is CC1(C)c2ccccc2-c2ccc(-c3nc(-c4ccccc4)nc(-c4ccc(N5c6ccccc6Sc6ccccc65)cc4)n3)cc21.c1ccc(-c2cc(-c3ccccc3)cc(-c3nc(-c4ccccc4)nc(-c4ccc(N5c6ccccc6Sc6ccccc65)cc4)n3)c2)cc1.c1ccc(-c2cccc(-c3nc(-c4ccccc4)nc(-c4ccc(N5c6ccccc6Sc6ccccc65)cc4)n3)c2)cc1. The largest absolute Gasteiger partial charge is 0.308 e. The van der Waals surface area contributed by atoms with E-state index < -0.39 is 0 Å². The normalized spacial score (nSPS) is 12.5. The third kappa shape index (κ3) is 17.4. The Morgan fingerprint density at radius 1 is 0.156 bits per heavy atom. The first kappa shape index (κ1) is 86.5. The Kier molecular flexibility index (Phi) is 23.3. The highest BCUT2D eigenvalue weighted by Gasteiger charge is 2.37. The molecule has 0 fully saturated rings. The lowest BCUT2D eigenvalue weighted by molar-refractivity contribution is 0.660. The first-order valence-electron chi connectivity index (χ1n) is 47.0. The van der Waals surface area contributed by atoms with Gasteiger partial charge in [0.15, 0.2) is 52.4 Å². The summed E-state index contributed by atoms with van der Waals surface area (Å²) >= 11 is 5.44. The van der Waals surface area contributed by atoms with Crippen LogP contribution in [0.15, 0.2) is 515 Å². The molecule has 0 unspecified atom stereocenters. The van der Waals surface area contributed by atoms with Gasteiger partial charge in [0.05, 0.1) is 34.1 Å². The number of rotatable bonds is 15. The van der Waals surface area contributed by atoms with Crippen molar-refractivity contribution in [3.05, 3.63) is 496 Å². The summed E-state index contributed by atoms with van der Waals surface area (Å²) in [6.07, 6.45) is 0. The van der Waals surface area contributed by atoms with Crippen LogP contribution in [-0.2, 0) is 5.41 Å². The van der Waals surface area contributed by atoms with E-state index in [1.807, 2.05) is 132 Å². The van der Waals surface area contributed by atoms with Crippen molar-refractivity contribution in [3.8, 4) is 147 Å². The highest BCUT2D eigenvalue weighted by molar-refractivity contribution is 8.00. The molecule has 12 nitrogen and oxygen atoms in total. The zero-order valence-corrected chi connectivity index (χ0v) is 79.2. The fourth-order valence-corrected chi connectivity index (χ4v) is 22.1. The van der Waals surface area contributed by atoms with Gasteiger partial charge in [-0.25, -0.2) is 44.9 Å². The van der Waals surface area contributed by atoms with Crippen molar-refractivity contribution in [3.63, 3.8) is 0 Å². The monoisotopic (exact) mass is 1860 g/mol. The van der Waals surface area contributed by atoms with Crippen LogP contribution < -0.4 is 14.7 Å². The van der Waals surface area contributed by atoms with E-state index in [1.54, 1.807) is 0 Å². The minimum absolute atomic E-state index is 0.111. The molecule has 0 radical (unpaired) electrons. The number of hydrogen-bond donors (Lipinski definition) is 0. The second kappa shape index (κ2) is 38.0. The molecule has 3 aromatic heterocycles. The van der Waals surface area contributed by atoms with Crippen LogP contribution in [-0.4, -0.2) is 44.9 Å². The fourth-order valence-electron chi connectivity index (χ4n) is 18.9. The summed E-state index contributed by atoms with van der Waals surface area (Å²) in [6, 6.07) is 169. The number of para-hydroxylation sites is 6. The van der Waals surface area contributed by atoms with Crippen molar-refractivity contribution >= 4 is 86.5 Å².